The van der Waals surface area contributed by atoms with E-state index >= 15 is 0 Å². The molecule has 6 nitrogen and oxygen atoms in total. The van der Waals surface area contributed by atoms with Gasteiger partial charge in [0, 0.05) is 24.3 Å². The number of ether oxygens (including phenoxy) is 1. The summed E-state index contributed by atoms with van der Waals surface area (Å²) in [5.74, 6) is -0.298. The minimum atomic E-state index is -3.66. The number of sulfonamides is 1. The highest BCUT2D eigenvalue weighted by molar-refractivity contribution is 7.89. The molecule has 1 unspecified atom stereocenters. The molecule has 0 saturated carbocycles. The summed E-state index contributed by atoms with van der Waals surface area (Å²) in [6.07, 6.45) is 1.74. The number of carbonyl (C=O) groups excluding carboxylic acids is 1. The molecule has 1 amide bonds. The van der Waals surface area contributed by atoms with E-state index in [9.17, 15) is 13.2 Å². The Hall–Kier alpha value is -1.44. The molecular weight excluding hydrogens is 316 g/mol. The van der Waals surface area contributed by atoms with Crippen LogP contribution in [0.15, 0.2) is 29.2 Å². The number of benzene rings is 1. The summed E-state index contributed by atoms with van der Waals surface area (Å²) < 4.78 is 32.7. The van der Waals surface area contributed by atoms with Gasteiger partial charge in [0.2, 0.25) is 10.0 Å². The second-order valence-corrected chi connectivity index (χ2v) is 8.49. The quantitative estimate of drug-likeness (QED) is 0.854. The Morgan fingerprint density at radius 2 is 2.09 bits per heavy atom. The Morgan fingerprint density at radius 3 is 2.70 bits per heavy atom. The fourth-order valence-corrected chi connectivity index (χ4v) is 3.42. The largest absolute Gasteiger partial charge is 0.377 e. The van der Waals surface area contributed by atoms with Gasteiger partial charge in [0.15, 0.2) is 0 Å². The number of nitrogens with one attached hydrogen (secondary N) is 2. The zero-order valence-corrected chi connectivity index (χ0v) is 14.6. The molecule has 2 rings (SSSR count). The predicted molar refractivity (Wildman–Crippen MR) is 87.8 cm³/mol. The second-order valence-electron chi connectivity index (χ2n) is 6.72. The zero-order chi connectivity index (χ0) is 17.1. The highest BCUT2D eigenvalue weighted by Crippen LogP contribution is 2.15. The average Bonchev–Trinajstić information content (AvgIpc) is 2.97. The third-order valence-corrected chi connectivity index (χ3v) is 4.84. The highest BCUT2D eigenvalue weighted by atomic mass is 32.2. The van der Waals surface area contributed by atoms with Gasteiger partial charge in [0.05, 0.1) is 11.0 Å². The molecule has 1 aliphatic rings. The van der Waals surface area contributed by atoms with E-state index in [2.05, 4.69) is 10.0 Å². The summed E-state index contributed by atoms with van der Waals surface area (Å²) >= 11 is 0. The van der Waals surface area contributed by atoms with Crippen molar-refractivity contribution in [3.8, 4) is 0 Å². The van der Waals surface area contributed by atoms with E-state index in [1.54, 1.807) is 12.1 Å². The molecule has 2 N–H and O–H groups in total. The summed E-state index contributed by atoms with van der Waals surface area (Å²) in [5.41, 5.74) is -0.0655. The molecule has 1 heterocycles. The van der Waals surface area contributed by atoms with Crippen molar-refractivity contribution in [3.05, 3.63) is 29.8 Å². The van der Waals surface area contributed by atoms with E-state index in [4.69, 9.17) is 4.74 Å². The maximum Gasteiger partial charge on any atom is 0.251 e. The Labute approximate surface area is 137 Å². The molecule has 0 aromatic heterocycles. The summed E-state index contributed by atoms with van der Waals surface area (Å²) in [6, 6.07) is 6.03. The first-order valence-corrected chi connectivity index (χ1v) is 9.19. The van der Waals surface area contributed by atoms with Crippen LogP contribution in [0.3, 0.4) is 0 Å². The molecule has 1 aromatic carbocycles. The number of amides is 1. The van der Waals surface area contributed by atoms with Crippen molar-refractivity contribution in [2.24, 2.45) is 0 Å². The van der Waals surface area contributed by atoms with E-state index in [0.717, 1.165) is 12.8 Å². The van der Waals surface area contributed by atoms with Crippen molar-refractivity contribution in [2.45, 2.75) is 50.2 Å². The molecule has 0 aliphatic carbocycles. The second kappa shape index (κ2) is 6.98. The normalized spacial score (nSPS) is 18.8. The standard InChI is InChI=1S/C16H24N2O4S/c1-16(2,3)18-15(19)12-6-4-8-14(10-12)23(20,21)17-11-13-7-5-9-22-13/h4,6,8,10,13,17H,5,7,9,11H2,1-3H3,(H,18,19). The Bertz CT molecular complexity index is 659. The van der Waals surface area contributed by atoms with Crippen molar-refractivity contribution >= 4 is 15.9 Å². The van der Waals surface area contributed by atoms with Gasteiger partial charge in [-0.05, 0) is 51.8 Å². The molecule has 0 bridgehead atoms. The molecule has 1 saturated heterocycles. The molecular formula is C16H24N2O4S. The lowest BCUT2D eigenvalue weighted by molar-refractivity contribution is 0.0919. The van der Waals surface area contributed by atoms with Crippen LogP contribution in [0.5, 0.6) is 0 Å². The van der Waals surface area contributed by atoms with Gasteiger partial charge in [0.1, 0.15) is 0 Å². The van der Waals surface area contributed by atoms with E-state index < -0.39 is 10.0 Å². The smallest absolute Gasteiger partial charge is 0.251 e. The maximum absolute atomic E-state index is 12.4. The summed E-state index contributed by atoms with van der Waals surface area (Å²) in [5, 5.41) is 2.82. The average molecular weight is 340 g/mol. The zero-order valence-electron chi connectivity index (χ0n) is 13.8. The monoisotopic (exact) mass is 340 g/mol. The number of carbonyl (C=O) groups is 1. The number of rotatable bonds is 5. The topological polar surface area (TPSA) is 84.5 Å². The van der Waals surface area contributed by atoms with Gasteiger partial charge < -0.3 is 10.1 Å². The lowest BCUT2D eigenvalue weighted by Gasteiger charge is -2.20. The van der Waals surface area contributed by atoms with Crippen molar-refractivity contribution < 1.29 is 17.9 Å². The van der Waals surface area contributed by atoms with Gasteiger partial charge >= 0.3 is 0 Å². The Morgan fingerprint density at radius 1 is 1.35 bits per heavy atom. The van der Waals surface area contributed by atoms with E-state index in [1.807, 2.05) is 20.8 Å². The van der Waals surface area contributed by atoms with Gasteiger partial charge in [0.25, 0.3) is 5.91 Å². The SMILES string of the molecule is CC(C)(C)NC(=O)c1cccc(S(=O)(=O)NCC2CCCO2)c1. The van der Waals surface area contributed by atoms with Crippen LogP contribution in [0, 0.1) is 0 Å². The fourth-order valence-electron chi connectivity index (χ4n) is 2.31. The molecule has 1 atom stereocenters. The third kappa shape index (κ3) is 5.30. The van der Waals surface area contributed by atoms with Gasteiger partial charge in [-0.25, -0.2) is 13.1 Å². The molecule has 0 radical (unpaired) electrons. The molecule has 7 heteroatoms. The lowest BCUT2D eigenvalue weighted by atomic mass is 10.1. The van der Waals surface area contributed by atoms with Gasteiger partial charge in [-0.2, -0.15) is 0 Å². The highest BCUT2D eigenvalue weighted by Gasteiger charge is 2.22. The summed E-state index contributed by atoms with van der Waals surface area (Å²) in [4.78, 5) is 12.2. The Balaban J connectivity index is 2.09. The maximum atomic E-state index is 12.4. The van der Waals surface area contributed by atoms with E-state index in [-0.39, 0.29) is 29.0 Å². The minimum Gasteiger partial charge on any atom is -0.377 e. The van der Waals surface area contributed by atoms with Crippen molar-refractivity contribution in [2.75, 3.05) is 13.2 Å². The third-order valence-electron chi connectivity index (χ3n) is 3.42. The Kier molecular flexibility index (Phi) is 5.44. The van der Waals surface area contributed by atoms with Crippen LogP contribution in [0.1, 0.15) is 44.0 Å². The molecule has 1 aromatic rings. The van der Waals surface area contributed by atoms with Crippen LogP contribution >= 0.6 is 0 Å². The van der Waals surface area contributed by atoms with E-state index in [0.29, 0.717) is 12.2 Å². The van der Waals surface area contributed by atoms with Crippen molar-refractivity contribution in [1.82, 2.24) is 10.0 Å². The molecule has 0 spiro atoms. The van der Waals surface area contributed by atoms with Crippen LogP contribution in [0.25, 0.3) is 0 Å². The summed E-state index contributed by atoms with van der Waals surface area (Å²) in [7, 11) is -3.66. The van der Waals surface area contributed by atoms with Gasteiger partial charge in [-0.1, -0.05) is 6.07 Å². The molecule has 1 fully saturated rings. The van der Waals surface area contributed by atoms with Gasteiger partial charge in [-0.15, -0.1) is 0 Å². The molecule has 128 valence electrons. The van der Waals surface area contributed by atoms with Crippen LogP contribution in [-0.2, 0) is 14.8 Å². The van der Waals surface area contributed by atoms with Crippen LogP contribution < -0.4 is 10.0 Å². The predicted octanol–water partition coefficient (Wildman–Crippen LogP) is 1.67. The number of hydrogen-bond acceptors (Lipinski definition) is 4. The molecule has 1 aliphatic heterocycles. The van der Waals surface area contributed by atoms with E-state index in [1.165, 1.54) is 12.1 Å². The first-order chi connectivity index (χ1) is 10.7. The first-order valence-electron chi connectivity index (χ1n) is 7.71. The molecule has 23 heavy (non-hydrogen) atoms. The lowest BCUT2D eigenvalue weighted by Crippen LogP contribution is -2.40. The minimum absolute atomic E-state index is 0.0721. The van der Waals surface area contributed by atoms with Crippen molar-refractivity contribution in [3.63, 3.8) is 0 Å². The van der Waals surface area contributed by atoms with Crippen molar-refractivity contribution in [1.29, 1.82) is 0 Å². The number of hydrogen-bond donors (Lipinski definition) is 2. The summed E-state index contributed by atoms with van der Waals surface area (Å²) in [6.45, 7) is 6.54. The van der Waals surface area contributed by atoms with Crippen LogP contribution in [-0.4, -0.2) is 39.1 Å². The van der Waals surface area contributed by atoms with Crippen LogP contribution in [0.2, 0.25) is 0 Å². The van der Waals surface area contributed by atoms with Crippen LogP contribution in [0.4, 0.5) is 0 Å². The first kappa shape index (κ1) is 17.9. The van der Waals surface area contributed by atoms with Gasteiger partial charge in [-0.3, -0.25) is 4.79 Å². The fraction of sp³-hybridized carbons (Fsp3) is 0.562.